The first-order valence-electron chi connectivity index (χ1n) is 7.46. The van der Waals surface area contributed by atoms with Crippen molar-refractivity contribution in [2.45, 2.75) is 32.7 Å². The number of nitrogens with zero attached hydrogens (tertiary/aromatic N) is 3. The van der Waals surface area contributed by atoms with Crippen LogP contribution in [0.4, 0.5) is 0 Å². The summed E-state index contributed by atoms with van der Waals surface area (Å²) < 4.78 is 2.33. The molecule has 0 N–H and O–H groups in total. The Bertz CT molecular complexity index is 605. The maximum Gasteiger partial charge on any atom is 0.124 e. The molecule has 108 valence electrons. The molecule has 0 bridgehead atoms. The standard InChI is InChI=1S/C16H22ClN3/c1-3-19-8-7-13(10-19)11-20-14-6-4-5-12(2)16(14)18-15(20)9-17/h4-6,13H,3,7-11H2,1-2H3. The number of likely N-dealkylation sites (tertiary alicyclic amines) is 1. The molecule has 1 aliphatic heterocycles. The van der Waals surface area contributed by atoms with Crippen LogP contribution in [-0.2, 0) is 12.4 Å². The molecular formula is C16H22ClN3. The van der Waals surface area contributed by atoms with Gasteiger partial charge in [0.2, 0.25) is 0 Å². The topological polar surface area (TPSA) is 21.1 Å². The lowest BCUT2D eigenvalue weighted by molar-refractivity contribution is 0.333. The zero-order valence-electron chi connectivity index (χ0n) is 12.3. The summed E-state index contributed by atoms with van der Waals surface area (Å²) >= 11 is 6.10. The molecule has 0 amide bonds. The van der Waals surface area contributed by atoms with Crippen LogP contribution in [0.5, 0.6) is 0 Å². The summed E-state index contributed by atoms with van der Waals surface area (Å²) in [5.41, 5.74) is 3.57. The normalized spacial score (nSPS) is 20.1. The van der Waals surface area contributed by atoms with Gasteiger partial charge < -0.3 is 9.47 Å². The Kier molecular flexibility index (Phi) is 3.99. The van der Waals surface area contributed by atoms with E-state index in [1.807, 2.05) is 0 Å². The third-order valence-corrected chi connectivity index (χ3v) is 4.68. The van der Waals surface area contributed by atoms with E-state index in [9.17, 15) is 0 Å². The first kappa shape index (κ1) is 13.9. The maximum atomic E-state index is 6.10. The molecule has 4 heteroatoms. The van der Waals surface area contributed by atoms with Crippen molar-refractivity contribution in [3.63, 3.8) is 0 Å². The minimum atomic E-state index is 0.484. The van der Waals surface area contributed by atoms with Crippen LogP contribution in [0, 0.1) is 12.8 Å². The molecule has 0 saturated carbocycles. The van der Waals surface area contributed by atoms with E-state index in [-0.39, 0.29) is 0 Å². The smallest absolute Gasteiger partial charge is 0.124 e. The highest BCUT2D eigenvalue weighted by molar-refractivity contribution is 6.16. The molecule has 1 atom stereocenters. The SMILES string of the molecule is CCN1CCC(Cn2c(CCl)nc3c(C)cccc32)C1. The van der Waals surface area contributed by atoms with Crippen molar-refractivity contribution in [1.29, 1.82) is 0 Å². The van der Waals surface area contributed by atoms with Crippen LogP contribution >= 0.6 is 11.6 Å². The van der Waals surface area contributed by atoms with E-state index < -0.39 is 0 Å². The van der Waals surface area contributed by atoms with Crippen molar-refractivity contribution in [3.8, 4) is 0 Å². The number of halogens is 1. The van der Waals surface area contributed by atoms with Crippen LogP contribution in [0.1, 0.15) is 24.7 Å². The second kappa shape index (κ2) is 5.74. The number of fused-ring (bicyclic) bond motifs is 1. The first-order valence-corrected chi connectivity index (χ1v) is 7.99. The van der Waals surface area contributed by atoms with E-state index in [0.29, 0.717) is 5.88 Å². The van der Waals surface area contributed by atoms with Gasteiger partial charge in [0.25, 0.3) is 0 Å². The van der Waals surface area contributed by atoms with Crippen LogP contribution in [-0.4, -0.2) is 34.1 Å². The van der Waals surface area contributed by atoms with Crippen molar-refractivity contribution >= 4 is 22.6 Å². The van der Waals surface area contributed by atoms with E-state index >= 15 is 0 Å². The summed E-state index contributed by atoms with van der Waals surface area (Å²) in [6, 6.07) is 6.39. The van der Waals surface area contributed by atoms with Gasteiger partial charge >= 0.3 is 0 Å². The summed E-state index contributed by atoms with van der Waals surface area (Å²) in [4.78, 5) is 7.25. The third kappa shape index (κ3) is 2.45. The van der Waals surface area contributed by atoms with Crippen LogP contribution in [0.15, 0.2) is 18.2 Å². The summed E-state index contributed by atoms with van der Waals surface area (Å²) in [6.07, 6.45) is 1.28. The van der Waals surface area contributed by atoms with E-state index in [4.69, 9.17) is 16.6 Å². The predicted octanol–water partition coefficient (Wildman–Crippen LogP) is 3.43. The molecule has 20 heavy (non-hydrogen) atoms. The molecule has 1 unspecified atom stereocenters. The molecular weight excluding hydrogens is 270 g/mol. The van der Waals surface area contributed by atoms with Crippen LogP contribution in [0.25, 0.3) is 11.0 Å². The Morgan fingerprint density at radius 2 is 2.25 bits per heavy atom. The van der Waals surface area contributed by atoms with Gasteiger partial charge in [-0.15, -0.1) is 11.6 Å². The quantitative estimate of drug-likeness (QED) is 0.805. The Labute approximate surface area is 125 Å². The maximum absolute atomic E-state index is 6.10. The number of aromatic nitrogens is 2. The molecule has 3 rings (SSSR count). The highest BCUT2D eigenvalue weighted by Crippen LogP contribution is 2.25. The van der Waals surface area contributed by atoms with Crippen LogP contribution in [0.2, 0.25) is 0 Å². The summed E-state index contributed by atoms with van der Waals surface area (Å²) in [5.74, 6) is 2.21. The van der Waals surface area contributed by atoms with Gasteiger partial charge in [0, 0.05) is 13.1 Å². The van der Waals surface area contributed by atoms with Gasteiger partial charge in [0.05, 0.1) is 16.9 Å². The average Bonchev–Trinajstić information content (AvgIpc) is 3.05. The minimum Gasteiger partial charge on any atom is -0.327 e. The molecule has 0 radical (unpaired) electrons. The van der Waals surface area contributed by atoms with Gasteiger partial charge in [-0.25, -0.2) is 4.98 Å². The summed E-state index contributed by atoms with van der Waals surface area (Å²) in [7, 11) is 0. The molecule has 1 fully saturated rings. The monoisotopic (exact) mass is 291 g/mol. The van der Waals surface area contributed by atoms with Crippen molar-refractivity contribution in [1.82, 2.24) is 14.5 Å². The number of rotatable bonds is 4. The van der Waals surface area contributed by atoms with E-state index in [1.165, 1.54) is 30.6 Å². The number of benzene rings is 1. The molecule has 1 saturated heterocycles. The Hall–Kier alpha value is -1.06. The zero-order chi connectivity index (χ0) is 14.1. The van der Waals surface area contributed by atoms with Gasteiger partial charge in [-0.2, -0.15) is 0 Å². The Morgan fingerprint density at radius 1 is 1.40 bits per heavy atom. The molecule has 2 heterocycles. The van der Waals surface area contributed by atoms with Crippen LogP contribution < -0.4 is 0 Å². The minimum absolute atomic E-state index is 0.484. The van der Waals surface area contributed by atoms with Crippen molar-refractivity contribution < 1.29 is 0 Å². The highest BCUT2D eigenvalue weighted by atomic mass is 35.5. The number of para-hydroxylation sites is 1. The fraction of sp³-hybridized carbons (Fsp3) is 0.562. The molecule has 0 spiro atoms. The number of hydrogen-bond donors (Lipinski definition) is 0. The second-order valence-electron chi connectivity index (χ2n) is 5.76. The van der Waals surface area contributed by atoms with Gasteiger partial charge in [0.15, 0.2) is 0 Å². The van der Waals surface area contributed by atoms with Crippen molar-refractivity contribution in [3.05, 3.63) is 29.6 Å². The molecule has 1 aromatic heterocycles. The lowest BCUT2D eigenvalue weighted by atomic mass is 10.1. The Balaban J connectivity index is 1.92. The van der Waals surface area contributed by atoms with Gasteiger partial charge in [0.1, 0.15) is 5.82 Å². The lowest BCUT2D eigenvalue weighted by Gasteiger charge is -2.15. The third-order valence-electron chi connectivity index (χ3n) is 4.44. The fourth-order valence-corrected chi connectivity index (χ4v) is 3.45. The molecule has 3 nitrogen and oxygen atoms in total. The predicted molar refractivity (Wildman–Crippen MR) is 84.2 cm³/mol. The molecule has 1 aromatic carbocycles. The molecule has 2 aromatic rings. The van der Waals surface area contributed by atoms with Gasteiger partial charge in [-0.3, -0.25) is 0 Å². The van der Waals surface area contributed by atoms with Crippen LogP contribution in [0.3, 0.4) is 0 Å². The average molecular weight is 292 g/mol. The largest absolute Gasteiger partial charge is 0.327 e. The van der Waals surface area contributed by atoms with Gasteiger partial charge in [-0.05, 0) is 44.0 Å². The molecule has 1 aliphatic rings. The van der Waals surface area contributed by atoms with Gasteiger partial charge in [-0.1, -0.05) is 19.1 Å². The second-order valence-corrected chi connectivity index (χ2v) is 6.03. The number of aryl methyl sites for hydroxylation is 1. The highest BCUT2D eigenvalue weighted by Gasteiger charge is 2.23. The number of imidazole rings is 1. The van der Waals surface area contributed by atoms with Crippen molar-refractivity contribution in [2.75, 3.05) is 19.6 Å². The fourth-order valence-electron chi connectivity index (χ4n) is 3.25. The number of alkyl halides is 1. The Morgan fingerprint density at radius 3 is 2.95 bits per heavy atom. The van der Waals surface area contributed by atoms with E-state index in [1.54, 1.807) is 0 Å². The summed E-state index contributed by atoms with van der Waals surface area (Å²) in [6.45, 7) is 8.97. The van der Waals surface area contributed by atoms with E-state index in [0.717, 1.165) is 30.3 Å². The first-order chi connectivity index (χ1) is 9.72. The van der Waals surface area contributed by atoms with E-state index in [2.05, 4.69) is 41.5 Å². The number of hydrogen-bond acceptors (Lipinski definition) is 2. The summed E-state index contributed by atoms with van der Waals surface area (Å²) in [5, 5.41) is 0. The zero-order valence-corrected chi connectivity index (χ0v) is 13.0. The molecule has 0 aliphatic carbocycles. The van der Waals surface area contributed by atoms with Crippen molar-refractivity contribution in [2.24, 2.45) is 5.92 Å². The lowest BCUT2D eigenvalue weighted by Crippen LogP contribution is -2.21.